The average molecular weight is 493 g/mol. The van der Waals surface area contributed by atoms with Gasteiger partial charge in [-0.2, -0.15) is 18.2 Å². The maximum Gasteiger partial charge on any atom is 0.433 e. The standard InChI is InChI=1S/C24H31F3N6S/c1-16-11-17(2)15-33(14-16)21-12-20(24(25,26)27)29-22(30-21)31-23(34)28-13-18-5-7-19(8-6-18)32-9-3-4-10-32/h5-8,12,16-17H,3-4,9-11,13-15H2,1-2H3,(H2,28,29,30,31,34)/t16-,17-/m1/s1. The van der Waals surface area contributed by atoms with Crippen molar-refractivity contribution in [1.82, 2.24) is 15.3 Å². The van der Waals surface area contributed by atoms with Gasteiger partial charge in [0.15, 0.2) is 10.8 Å². The topological polar surface area (TPSA) is 56.3 Å². The van der Waals surface area contributed by atoms with Crippen molar-refractivity contribution in [1.29, 1.82) is 0 Å². The molecule has 2 N–H and O–H groups in total. The molecular formula is C24H31F3N6S. The average Bonchev–Trinajstić information content (AvgIpc) is 3.32. The van der Waals surface area contributed by atoms with Crippen LogP contribution >= 0.6 is 12.2 Å². The van der Waals surface area contributed by atoms with Gasteiger partial charge in [-0.1, -0.05) is 26.0 Å². The molecule has 2 fully saturated rings. The quantitative estimate of drug-likeness (QED) is 0.566. The van der Waals surface area contributed by atoms with Crippen molar-refractivity contribution < 1.29 is 13.2 Å². The number of aromatic nitrogens is 2. The van der Waals surface area contributed by atoms with Crippen molar-refractivity contribution in [3.8, 4) is 0 Å². The van der Waals surface area contributed by atoms with Crippen molar-refractivity contribution in [3.05, 3.63) is 41.6 Å². The van der Waals surface area contributed by atoms with Gasteiger partial charge in [0.2, 0.25) is 5.95 Å². The summed E-state index contributed by atoms with van der Waals surface area (Å²) in [5.41, 5.74) is 1.24. The van der Waals surface area contributed by atoms with Crippen LogP contribution in [0, 0.1) is 11.8 Å². The molecule has 1 aromatic carbocycles. The van der Waals surface area contributed by atoms with Gasteiger partial charge in [0.05, 0.1) is 0 Å². The lowest BCUT2D eigenvalue weighted by atomic mass is 9.92. The number of nitrogens with zero attached hydrogens (tertiary/aromatic N) is 4. The molecule has 1 aromatic heterocycles. The lowest BCUT2D eigenvalue weighted by molar-refractivity contribution is -0.141. The summed E-state index contributed by atoms with van der Waals surface area (Å²) in [6, 6.07) is 9.25. The number of thiocarbonyl (C=S) groups is 1. The van der Waals surface area contributed by atoms with E-state index in [0.29, 0.717) is 31.5 Å². The Morgan fingerprint density at radius 2 is 1.68 bits per heavy atom. The predicted octanol–water partition coefficient (Wildman–Crippen LogP) is 5.06. The molecule has 0 amide bonds. The fourth-order valence-electron chi connectivity index (χ4n) is 4.78. The number of hydrogen-bond donors (Lipinski definition) is 2. The summed E-state index contributed by atoms with van der Waals surface area (Å²) < 4.78 is 40.6. The molecular weight excluding hydrogens is 461 g/mol. The van der Waals surface area contributed by atoms with E-state index in [9.17, 15) is 13.2 Å². The van der Waals surface area contributed by atoms with E-state index in [1.165, 1.54) is 18.5 Å². The highest BCUT2D eigenvalue weighted by Gasteiger charge is 2.35. The third-order valence-electron chi connectivity index (χ3n) is 6.28. The molecule has 10 heteroatoms. The fourth-order valence-corrected chi connectivity index (χ4v) is 4.94. The van der Waals surface area contributed by atoms with Crippen molar-refractivity contribution in [2.24, 2.45) is 11.8 Å². The van der Waals surface area contributed by atoms with Crippen LogP contribution in [0.2, 0.25) is 0 Å². The Labute approximate surface area is 204 Å². The van der Waals surface area contributed by atoms with E-state index in [1.54, 1.807) is 0 Å². The van der Waals surface area contributed by atoms with E-state index in [0.717, 1.165) is 31.1 Å². The predicted molar refractivity (Wildman–Crippen MR) is 133 cm³/mol. The van der Waals surface area contributed by atoms with E-state index in [-0.39, 0.29) is 16.9 Å². The molecule has 184 valence electrons. The Bertz CT molecular complexity index is 981. The summed E-state index contributed by atoms with van der Waals surface area (Å²) in [5, 5.41) is 5.96. The first-order valence-corrected chi connectivity index (χ1v) is 12.2. The van der Waals surface area contributed by atoms with Crippen LogP contribution in [0.15, 0.2) is 30.3 Å². The summed E-state index contributed by atoms with van der Waals surface area (Å²) in [6.07, 6.45) is -1.09. The second-order valence-electron chi connectivity index (χ2n) is 9.45. The zero-order valence-electron chi connectivity index (χ0n) is 19.5. The molecule has 2 aromatic rings. The molecule has 4 rings (SSSR count). The number of rotatable bonds is 5. The van der Waals surface area contributed by atoms with Gasteiger partial charge in [-0.25, -0.2) is 4.98 Å². The second-order valence-corrected chi connectivity index (χ2v) is 9.86. The minimum absolute atomic E-state index is 0.155. The molecule has 2 aliphatic rings. The summed E-state index contributed by atoms with van der Waals surface area (Å²) in [7, 11) is 0. The fraction of sp³-hybridized carbons (Fsp3) is 0.542. The van der Waals surface area contributed by atoms with Gasteiger partial charge in [0.1, 0.15) is 5.82 Å². The van der Waals surface area contributed by atoms with Crippen molar-refractivity contribution >= 4 is 34.8 Å². The van der Waals surface area contributed by atoms with Crippen LogP contribution in [-0.4, -0.2) is 41.3 Å². The van der Waals surface area contributed by atoms with Crippen molar-refractivity contribution in [3.63, 3.8) is 0 Å². The van der Waals surface area contributed by atoms with Gasteiger partial charge in [0.25, 0.3) is 0 Å². The molecule has 0 aliphatic carbocycles. The molecule has 2 saturated heterocycles. The van der Waals surface area contributed by atoms with Crippen LogP contribution in [0.25, 0.3) is 0 Å². The molecule has 0 saturated carbocycles. The molecule has 34 heavy (non-hydrogen) atoms. The van der Waals surface area contributed by atoms with Crippen LogP contribution in [0.3, 0.4) is 0 Å². The molecule has 0 spiro atoms. The largest absolute Gasteiger partial charge is 0.433 e. The highest BCUT2D eigenvalue weighted by Crippen LogP contribution is 2.32. The Hall–Kier alpha value is -2.62. The van der Waals surface area contributed by atoms with Crippen molar-refractivity contribution in [2.75, 3.05) is 41.3 Å². The molecule has 0 bridgehead atoms. The number of hydrogen-bond acceptors (Lipinski definition) is 5. The van der Waals surface area contributed by atoms with Gasteiger partial charge >= 0.3 is 6.18 Å². The molecule has 2 aliphatic heterocycles. The lowest BCUT2D eigenvalue weighted by Crippen LogP contribution is -2.39. The first-order chi connectivity index (χ1) is 16.2. The smallest absolute Gasteiger partial charge is 0.372 e. The minimum atomic E-state index is -4.58. The highest BCUT2D eigenvalue weighted by atomic mass is 32.1. The summed E-state index contributed by atoms with van der Waals surface area (Å²) >= 11 is 5.32. The third-order valence-corrected chi connectivity index (χ3v) is 6.53. The zero-order chi connectivity index (χ0) is 24.3. The second kappa shape index (κ2) is 10.3. The van der Waals surface area contributed by atoms with E-state index < -0.39 is 11.9 Å². The Morgan fingerprint density at radius 1 is 1.03 bits per heavy atom. The van der Waals surface area contributed by atoms with Gasteiger partial charge in [-0.3, -0.25) is 0 Å². The molecule has 2 atom stereocenters. The van der Waals surface area contributed by atoms with Gasteiger partial charge in [-0.15, -0.1) is 0 Å². The molecule has 0 radical (unpaired) electrons. The van der Waals surface area contributed by atoms with Crippen LogP contribution in [-0.2, 0) is 12.7 Å². The Kier molecular flexibility index (Phi) is 7.45. The Balaban J connectivity index is 1.42. The van der Waals surface area contributed by atoms with Gasteiger partial charge in [-0.05, 0) is 61.0 Å². The zero-order valence-corrected chi connectivity index (χ0v) is 20.3. The first kappa shape index (κ1) is 24.5. The van der Waals surface area contributed by atoms with Crippen LogP contribution < -0.4 is 20.4 Å². The van der Waals surface area contributed by atoms with E-state index in [1.807, 2.05) is 17.0 Å². The number of nitrogens with one attached hydrogen (secondary N) is 2. The number of alkyl halides is 3. The van der Waals surface area contributed by atoms with Gasteiger partial charge in [0, 0.05) is 44.5 Å². The normalized spacial score (nSPS) is 21.0. The Morgan fingerprint density at radius 3 is 2.29 bits per heavy atom. The molecule has 0 unspecified atom stereocenters. The van der Waals surface area contributed by atoms with Crippen molar-refractivity contribution in [2.45, 2.75) is 45.8 Å². The number of anilines is 3. The maximum atomic E-state index is 13.5. The summed E-state index contributed by atoms with van der Waals surface area (Å²) in [4.78, 5) is 12.3. The monoisotopic (exact) mass is 492 g/mol. The molecule has 3 heterocycles. The number of benzene rings is 1. The lowest BCUT2D eigenvalue weighted by Gasteiger charge is -2.36. The van der Waals surface area contributed by atoms with Gasteiger partial charge < -0.3 is 20.4 Å². The molecule has 6 nitrogen and oxygen atoms in total. The third kappa shape index (κ3) is 6.28. The number of piperidine rings is 1. The summed E-state index contributed by atoms with van der Waals surface area (Å²) in [5.74, 6) is 0.870. The minimum Gasteiger partial charge on any atom is -0.372 e. The van der Waals surface area contributed by atoms with Crippen LogP contribution in [0.5, 0.6) is 0 Å². The SMILES string of the molecule is C[C@@H]1C[C@@H](C)CN(c2cc(C(F)(F)F)nc(NC(=S)NCc3ccc(N4CCCC4)cc3)n2)C1. The van der Waals surface area contributed by atoms with Crippen LogP contribution in [0.4, 0.5) is 30.6 Å². The highest BCUT2D eigenvalue weighted by molar-refractivity contribution is 7.80. The van der Waals surface area contributed by atoms with Crippen LogP contribution in [0.1, 0.15) is 44.4 Å². The number of halogens is 3. The van der Waals surface area contributed by atoms with E-state index in [4.69, 9.17) is 12.2 Å². The van der Waals surface area contributed by atoms with E-state index >= 15 is 0 Å². The summed E-state index contributed by atoms with van der Waals surface area (Å²) in [6.45, 7) is 8.13. The van der Waals surface area contributed by atoms with E-state index in [2.05, 4.69) is 51.5 Å². The first-order valence-electron chi connectivity index (χ1n) is 11.8. The maximum absolute atomic E-state index is 13.5.